The molecule has 0 spiro atoms. The number of carbonyl (C=O) groups excluding carboxylic acids is 1. The fourth-order valence-corrected chi connectivity index (χ4v) is 4.25. The van der Waals surface area contributed by atoms with Crippen molar-refractivity contribution in [3.63, 3.8) is 0 Å². The molecule has 0 bridgehead atoms. The largest absolute Gasteiger partial charge is 0.336 e. The minimum Gasteiger partial charge on any atom is -0.336 e. The molecule has 2 aromatic rings. The zero-order valence-electron chi connectivity index (χ0n) is 13.6. The van der Waals surface area contributed by atoms with Gasteiger partial charge in [0.05, 0.1) is 5.01 Å². The Morgan fingerprint density at radius 3 is 2.87 bits per heavy atom. The summed E-state index contributed by atoms with van der Waals surface area (Å²) >= 11 is 1.53. The number of carbonyl (C=O) groups is 1. The Morgan fingerprint density at radius 1 is 1.35 bits per heavy atom. The van der Waals surface area contributed by atoms with E-state index in [4.69, 9.17) is 4.98 Å². The number of fused-ring (bicyclic) bond motifs is 3. The van der Waals surface area contributed by atoms with Crippen LogP contribution in [0.25, 0.3) is 0 Å². The molecule has 2 aromatic heterocycles. The summed E-state index contributed by atoms with van der Waals surface area (Å²) < 4.78 is 0. The van der Waals surface area contributed by atoms with Gasteiger partial charge in [0.15, 0.2) is 0 Å². The van der Waals surface area contributed by atoms with Crippen LogP contribution >= 0.6 is 11.3 Å². The maximum atomic E-state index is 12.6. The molecule has 1 aliphatic carbocycles. The first kappa shape index (κ1) is 14.8. The second kappa shape index (κ2) is 5.37. The number of hydrogen-bond acceptors (Lipinski definition) is 5. The van der Waals surface area contributed by atoms with Gasteiger partial charge < -0.3 is 4.90 Å². The Morgan fingerprint density at radius 2 is 2.17 bits per heavy atom. The van der Waals surface area contributed by atoms with Crippen molar-refractivity contribution in [3.8, 4) is 0 Å². The third kappa shape index (κ3) is 2.45. The number of aromatic nitrogens is 3. The molecule has 0 aromatic carbocycles. The minimum atomic E-state index is 0.0602. The van der Waals surface area contributed by atoms with Crippen molar-refractivity contribution >= 4 is 17.2 Å². The van der Waals surface area contributed by atoms with Crippen LogP contribution in [0.1, 0.15) is 58.3 Å². The predicted octanol–water partition coefficient (Wildman–Crippen LogP) is 2.78. The number of amides is 1. The van der Waals surface area contributed by atoms with Crippen LogP contribution in [-0.4, -0.2) is 38.8 Å². The SMILES string of the molecule is Cc1nc(C(=O)N2CC3Cc4nc(C(C)C)ncc4C3C2)cs1. The number of hydrogen-bond donors (Lipinski definition) is 0. The number of thiazole rings is 1. The Bertz CT molecular complexity index is 770. The van der Waals surface area contributed by atoms with Crippen molar-refractivity contribution in [3.05, 3.63) is 39.4 Å². The summed E-state index contributed by atoms with van der Waals surface area (Å²) in [6.45, 7) is 7.73. The van der Waals surface area contributed by atoms with Crippen LogP contribution in [0, 0.1) is 12.8 Å². The van der Waals surface area contributed by atoms with E-state index in [0.717, 1.165) is 30.3 Å². The number of rotatable bonds is 2. The van der Waals surface area contributed by atoms with Crippen LogP contribution < -0.4 is 0 Å². The Kier molecular flexibility index (Phi) is 3.44. The third-order valence-corrected chi connectivity index (χ3v) is 5.63. The molecule has 3 heterocycles. The lowest BCUT2D eigenvalue weighted by Crippen LogP contribution is -2.30. The van der Waals surface area contributed by atoms with Gasteiger partial charge in [0, 0.05) is 42.2 Å². The first-order valence-corrected chi connectivity index (χ1v) is 8.98. The first-order valence-electron chi connectivity index (χ1n) is 8.10. The molecular formula is C17H20N4OS. The summed E-state index contributed by atoms with van der Waals surface area (Å²) in [6.07, 6.45) is 2.95. The highest BCUT2D eigenvalue weighted by Crippen LogP contribution is 2.42. The molecule has 1 fully saturated rings. The lowest BCUT2D eigenvalue weighted by molar-refractivity contribution is 0.0780. The minimum absolute atomic E-state index is 0.0602. The van der Waals surface area contributed by atoms with Crippen molar-refractivity contribution in [1.82, 2.24) is 19.9 Å². The van der Waals surface area contributed by atoms with Gasteiger partial charge in [-0.05, 0) is 24.8 Å². The molecule has 1 amide bonds. The van der Waals surface area contributed by atoms with E-state index in [1.165, 1.54) is 22.6 Å². The standard InChI is InChI=1S/C17H20N4OS/c1-9(2)16-18-5-12-13-7-21(6-11(13)4-14(12)20-16)17(22)15-8-23-10(3)19-15/h5,8-9,11,13H,4,6-7H2,1-3H3. The van der Waals surface area contributed by atoms with E-state index in [-0.39, 0.29) is 5.91 Å². The van der Waals surface area contributed by atoms with Crippen molar-refractivity contribution in [1.29, 1.82) is 0 Å². The molecular weight excluding hydrogens is 308 g/mol. The van der Waals surface area contributed by atoms with Gasteiger partial charge >= 0.3 is 0 Å². The molecule has 0 saturated carbocycles. The normalized spacial score (nSPS) is 22.5. The molecule has 1 saturated heterocycles. The topological polar surface area (TPSA) is 59.0 Å². The highest BCUT2D eigenvalue weighted by molar-refractivity contribution is 7.09. The Labute approximate surface area is 139 Å². The van der Waals surface area contributed by atoms with Crippen molar-refractivity contribution < 1.29 is 4.79 Å². The summed E-state index contributed by atoms with van der Waals surface area (Å²) in [5.41, 5.74) is 3.01. The Balaban J connectivity index is 1.55. The van der Waals surface area contributed by atoms with E-state index in [2.05, 4.69) is 23.8 Å². The number of likely N-dealkylation sites (tertiary alicyclic amines) is 1. The fourth-order valence-electron chi connectivity index (χ4n) is 3.66. The monoisotopic (exact) mass is 328 g/mol. The summed E-state index contributed by atoms with van der Waals surface area (Å²) in [5, 5.41) is 2.80. The van der Waals surface area contributed by atoms with E-state index in [0.29, 0.717) is 23.4 Å². The van der Waals surface area contributed by atoms with Gasteiger partial charge in [-0.15, -0.1) is 11.3 Å². The van der Waals surface area contributed by atoms with Crippen LogP contribution in [0.2, 0.25) is 0 Å². The molecule has 0 N–H and O–H groups in total. The average molecular weight is 328 g/mol. The molecule has 1 aliphatic heterocycles. The van der Waals surface area contributed by atoms with Crippen LogP contribution in [0.5, 0.6) is 0 Å². The van der Waals surface area contributed by atoms with Gasteiger partial charge in [0.25, 0.3) is 5.91 Å². The number of nitrogens with zero attached hydrogens (tertiary/aromatic N) is 4. The van der Waals surface area contributed by atoms with Gasteiger partial charge in [0.2, 0.25) is 0 Å². The summed E-state index contributed by atoms with van der Waals surface area (Å²) in [6, 6.07) is 0. The fraction of sp³-hybridized carbons (Fsp3) is 0.529. The molecule has 4 rings (SSSR count). The predicted molar refractivity (Wildman–Crippen MR) is 88.8 cm³/mol. The maximum absolute atomic E-state index is 12.6. The second-order valence-electron chi connectivity index (χ2n) is 6.82. The van der Waals surface area contributed by atoms with E-state index in [1.807, 2.05) is 23.4 Å². The van der Waals surface area contributed by atoms with Gasteiger partial charge in [0.1, 0.15) is 11.5 Å². The zero-order chi connectivity index (χ0) is 16.1. The van der Waals surface area contributed by atoms with E-state index in [1.54, 1.807) is 0 Å². The van der Waals surface area contributed by atoms with Gasteiger partial charge in [-0.3, -0.25) is 4.79 Å². The second-order valence-corrected chi connectivity index (χ2v) is 7.88. The van der Waals surface area contributed by atoms with E-state index >= 15 is 0 Å². The summed E-state index contributed by atoms with van der Waals surface area (Å²) in [4.78, 5) is 28.1. The van der Waals surface area contributed by atoms with Crippen LogP contribution in [0.3, 0.4) is 0 Å². The van der Waals surface area contributed by atoms with Crippen molar-refractivity contribution in [2.24, 2.45) is 5.92 Å². The van der Waals surface area contributed by atoms with Crippen LogP contribution in [0.15, 0.2) is 11.6 Å². The summed E-state index contributed by atoms with van der Waals surface area (Å²) in [5.74, 6) is 2.20. The third-order valence-electron chi connectivity index (χ3n) is 4.86. The lowest BCUT2D eigenvalue weighted by Gasteiger charge is -2.16. The lowest BCUT2D eigenvalue weighted by atomic mass is 9.97. The van der Waals surface area contributed by atoms with Crippen LogP contribution in [0.4, 0.5) is 0 Å². The van der Waals surface area contributed by atoms with Gasteiger partial charge in [-0.1, -0.05) is 13.8 Å². The molecule has 120 valence electrons. The maximum Gasteiger partial charge on any atom is 0.273 e. The van der Waals surface area contributed by atoms with Gasteiger partial charge in [-0.2, -0.15) is 0 Å². The quantitative estimate of drug-likeness (QED) is 0.850. The Hall–Kier alpha value is -1.82. The smallest absolute Gasteiger partial charge is 0.273 e. The molecule has 2 atom stereocenters. The van der Waals surface area contributed by atoms with Crippen molar-refractivity contribution in [2.45, 2.75) is 39.0 Å². The molecule has 23 heavy (non-hydrogen) atoms. The van der Waals surface area contributed by atoms with Gasteiger partial charge in [-0.25, -0.2) is 15.0 Å². The molecule has 5 nitrogen and oxygen atoms in total. The number of aryl methyl sites for hydroxylation is 1. The van der Waals surface area contributed by atoms with E-state index in [9.17, 15) is 4.79 Å². The zero-order valence-corrected chi connectivity index (χ0v) is 14.4. The first-order chi connectivity index (χ1) is 11.0. The highest BCUT2D eigenvalue weighted by Gasteiger charge is 2.43. The van der Waals surface area contributed by atoms with Crippen LogP contribution in [-0.2, 0) is 6.42 Å². The summed E-state index contributed by atoms with van der Waals surface area (Å²) in [7, 11) is 0. The molecule has 2 unspecified atom stereocenters. The molecule has 6 heteroatoms. The van der Waals surface area contributed by atoms with E-state index < -0.39 is 0 Å². The highest BCUT2D eigenvalue weighted by atomic mass is 32.1. The average Bonchev–Trinajstić information content (AvgIpc) is 3.19. The molecule has 2 aliphatic rings. The van der Waals surface area contributed by atoms with Crippen molar-refractivity contribution in [2.75, 3.05) is 13.1 Å². The molecule has 0 radical (unpaired) electrons.